The molecule has 1 aromatic heterocycles. The first-order valence-corrected chi connectivity index (χ1v) is 13.4. The number of nitrogens with one attached hydrogen (secondary N) is 2. The zero-order chi connectivity index (χ0) is 29.2. The highest BCUT2D eigenvalue weighted by Crippen LogP contribution is 2.43. The average Bonchev–Trinajstić information content (AvgIpc) is 3.37. The number of hydrogen-bond acceptors (Lipinski definition) is 5. The minimum absolute atomic E-state index is 0.254. The molecule has 0 unspecified atom stereocenters. The summed E-state index contributed by atoms with van der Waals surface area (Å²) >= 11 is 0. The molecule has 0 aliphatic carbocycles. The fraction of sp³-hybridized carbons (Fsp3) is 0.387. The molecule has 9 heteroatoms. The van der Waals surface area contributed by atoms with Gasteiger partial charge >= 0.3 is 0 Å². The number of aromatic nitrogens is 2. The smallest absolute Gasteiger partial charge is 0.267 e. The first-order chi connectivity index (χ1) is 18.9. The molecule has 3 aromatic rings. The van der Waals surface area contributed by atoms with Gasteiger partial charge in [0.05, 0.1) is 29.3 Å². The third kappa shape index (κ3) is 5.96. The van der Waals surface area contributed by atoms with E-state index in [1.165, 1.54) is 12.1 Å². The number of nitriles is 1. The molecule has 4 rings (SSSR count). The van der Waals surface area contributed by atoms with Gasteiger partial charge in [-0.3, -0.25) is 14.4 Å². The first-order valence-electron chi connectivity index (χ1n) is 13.4. The van der Waals surface area contributed by atoms with E-state index in [1.807, 2.05) is 6.92 Å². The molecular formula is C31H34FN5O3. The van der Waals surface area contributed by atoms with Gasteiger partial charge in [0.15, 0.2) is 0 Å². The molecule has 8 nitrogen and oxygen atoms in total. The van der Waals surface area contributed by atoms with E-state index in [2.05, 4.69) is 21.6 Å². The van der Waals surface area contributed by atoms with Gasteiger partial charge in [0.25, 0.3) is 11.5 Å². The van der Waals surface area contributed by atoms with Crippen LogP contribution in [-0.4, -0.2) is 39.0 Å². The number of halogens is 1. The lowest BCUT2D eigenvalue weighted by Crippen LogP contribution is -2.52. The van der Waals surface area contributed by atoms with E-state index < -0.39 is 29.2 Å². The summed E-state index contributed by atoms with van der Waals surface area (Å²) < 4.78 is 14.1. The van der Waals surface area contributed by atoms with Gasteiger partial charge in [-0.05, 0) is 94.5 Å². The Morgan fingerprint density at radius 3 is 2.60 bits per heavy atom. The van der Waals surface area contributed by atoms with E-state index in [1.54, 1.807) is 69.0 Å². The Kier molecular flexibility index (Phi) is 8.19. The van der Waals surface area contributed by atoms with Crippen LogP contribution in [0.2, 0.25) is 0 Å². The van der Waals surface area contributed by atoms with Crippen LogP contribution in [0, 0.1) is 36.4 Å². The maximum atomic E-state index is 14.1. The van der Waals surface area contributed by atoms with Crippen LogP contribution in [0.25, 0.3) is 0 Å². The molecule has 1 fully saturated rings. The quantitative estimate of drug-likeness (QED) is 0.454. The number of amides is 2. The number of H-pyrrole nitrogens is 1. The molecule has 3 atom stereocenters. The third-order valence-electron chi connectivity index (χ3n) is 7.71. The van der Waals surface area contributed by atoms with E-state index in [9.17, 15) is 24.0 Å². The number of nitrogens with zero attached hydrogens (tertiary/aromatic N) is 3. The Balaban J connectivity index is 1.53. The number of hydrogen-bond donors (Lipinski definition) is 2. The SMILES string of the molecule is Cc1cc(Cc2ccc(C(=O)N[C@H](C)C(=O)N3[C@H](c4cccc(F)c4)CC[C@@H]3C(C)(C)C#N)cc2C)c(=O)[nH]n1. The number of rotatable bonds is 7. The maximum absolute atomic E-state index is 14.1. The zero-order valence-electron chi connectivity index (χ0n) is 23.4. The second kappa shape index (κ2) is 11.4. The van der Waals surface area contributed by atoms with Crippen LogP contribution >= 0.6 is 0 Å². The summed E-state index contributed by atoms with van der Waals surface area (Å²) in [6.07, 6.45) is 1.58. The number of likely N-dealkylation sites (tertiary alicyclic amines) is 1. The van der Waals surface area contributed by atoms with Crippen molar-refractivity contribution in [1.29, 1.82) is 5.26 Å². The van der Waals surface area contributed by atoms with Crippen LogP contribution < -0.4 is 10.9 Å². The highest BCUT2D eigenvalue weighted by molar-refractivity contribution is 5.97. The molecule has 40 heavy (non-hydrogen) atoms. The zero-order valence-corrected chi connectivity index (χ0v) is 23.4. The van der Waals surface area contributed by atoms with Crippen molar-refractivity contribution in [2.75, 3.05) is 0 Å². The van der Waals surface area contributed by atoms with Gasteiger partial charge in [-0.15, -0.1) is 0 Å². The summed E-state index contributed by atoms with van der Waals surface area (Å²) in [6.45, 7) is 8.87. The fourth-order valence-electron chi connectivity index (χ4n) is 5.44. The van der Waals surface area contributed by atoms with Gasteiger partial charge in [-0.2, -0.15) is 10.4 Å². The van der Waals surface area contributed by atoms with Crippen molar-refractivity contribution in [3.8, 4) is 6.07 Å². The van der Waals surface area contributed by atoms with Crippen LogP contribution in [0.4, 0.5) is 4.39 Å². The molecule has 1 aliphatic rings. The molecule has 1 saturated heterocycles. The topological polar surface area (TPSA) is 119 Å². The molecule has 1 aliphatic heterocycles. The van der Waals surface area contributed by atoms with Gasteiger partial charge in [0.2, 0.25) is 5.91 Å². The summed E-state index contributed by atoms with van der Waals surface area (Å²) in [7, 11) is 0. The maximum Gasteiger partial charge on any atom is 0.267 e. The lowest BCUT2D eigenvalue weighted by molar-refractivity contribution is -0.137. The van der Waals surface area contributed by atoms with Crippen LogP contribution in [-0.2, 0) is 11.2 Å². The Labute approximate surface area is 233 Å². The fourth-order valence-corrected chi connectivity index (χ4v) is 5.44. The van der Waals surface area contributed by atoms with Gasteiger partial charge in [0, 0.05) is 17.5 Å². The molecule has 0 saturated carbocycles. The van der Waals surface area contributed by atoms with Crippen LogP contribution in [0.5, 0.6) is 0 Å². The lowest BCUT2D eigenvalue weighted by atomic mass is 9.84. The summed E-state index contributed by atoms with van der Waals surface area (Å²) in [5.41, 5.74) is 2.99. The molecule has 0 bridgehead atoms. The van der Waals surface area contributed by atoms with E-state index in [0.29, 0.717) is 41.6 Å². The number of aryl methyl sites for hydroxylation is 2. The normalized spacial score (nSPS) is 17.8. The molecule has 2 heterocycles. The van der Waals surface area contributed by atoms with Crippen LogP contribution in [0.15, 0.2) is 53.3 Å². The van der Waals surface area contributed by atoms with E-state index in [4.69, 9.17) is 0 Å². The number of benzene rings is 2. The van der Waals surface area contributed by atoms with Crippen LogP contribution in [0.3, 0.4) is 0 Å². The summed E-state index contributed by atoms with van der Waals surface area (Å²) in [4.78, 5) is 40.8. The number of carbonyl (C=O) groups excluding carboxylic acids is 2. The minimum atomic E-state index is -0.878. The molecule has 2 amide bonds. The molecule has 208 valence electrons. The van der Waals surface area contributed by atoms with Crippen molar-refractivity contribution in [2.45, 2.75) is 72.0 Å². The monoisotopic (exact) mass is 543 g/mol. The standard InChI is InChI=1S/C31H34FN5O3/c1-18-13-23(10-9-21(18)15-24-14-19(2)35-36-29(24)39)28(38)34-20(3)30(40)37-26(22-7-6-8-25(32)16-22)11-12-27(37)31(4,5)17-33/h6-10,13-14,16,20,26-27H,11-12,15H2,1-5H3,(H,34,38)(H,36,39)/t20-,26+,27-/m1/s1. The molecule has 0 spiro atoms. The van der Waals surface area contributed by atoms with E-state index in [-0.39, 0.29) is 17.5 Å². The highest BCUT2D eigenvalue weighted by atomic mass is 19.1. The molecule has 0 radical (unpaired) electrons. The predicted molar refractivity (Wildman–Crippen MR) is 149 cm³/mol. The van der Waals surface area contributed by atoms with Crippen molar-refractivity contribution >= 4 is 11.8 Å². The lowest BCUT2D eigenvalue weighted by Gasteiger charge is -2.38. The third-order valence-corrected chi connectivity index (χ3v) is 7.71. The Morgan fingerprint density at radius 1 is 1.18 bits per heavy atom. The van der Waals surface area contributed by atoms with Crippen molar-refractivity contribution in [3.05, 3.63) is 98.2 Å². The van der Waals surface area contributed by atoms with E-state index in [0.717, 1.165) is 11.1 Å². The Morgan fingerprint density at radius 2 is 1.93 bits per heavy atom. The second-order valence-corrected chi connectivity index (χ2v) is 11.1. The number of carbonyl (C=O) groups is 2. The van der Waals surface area contributed by atoms with Crippen molar-refractivity contribution < 1.29 is 14.0 Å². The first kappa shape index (κ1) is 28.7. The minimum Gasteiger partial charge on any atom is -0.341 e. The molecule has 2 aromatic carbocycles. The average molecular weight is 544 g/mol. The van der Waals surface area contributed by atoms with Crippen molar-refractivity contribution in [2.24, 2.45) is 5.41 Å². The van der Waals surface area contributed by atoms with Gasteiger partial charge in [-0.25, -0.2) is 9.49 Å². The summed E-state index contributed by atoms with van der Waals surface area (Å²) in [6, 6.07) is 13.8. The number of aromatic amines is 1. The van der Waals surface area contributed by atoms with Gasteiger partial charge in [-0.1, -0.05) is 18.2 Å². The van der Waals surface area contributed by atoms with Crippen LogP contribution in [0.1, 0.15) is 78.0 Å². The Hall–Kier alpha value is -4.32. The van der Waals surface area contributed by atoms with Crippen molar-refractivity contribution in [1.82, 2.24) is 20.4 Å². The summed E-state index contributed by atoms with van der Waals surface area (Å²) in [5.74, 6) is -1.13. The molecule has 2 N–H and O–H groups in total. The van der Waals surface area contributed by atoms with Crippen molar-refractivity contribution in [3.63, 3.8) is 0 Å². The largest absolute Gasteiger partial charge is 0.341 e. The van der Waals surface area contributed by atoms with Gasteiger partial charge in [0.1, 0.15) is 11.9 Å². The Bertz CT molecular complexity index is 1540. The highest BCUT2D eigenvalue weighted by Gasteiger charge is 2.46. The summed E-state index contributed by atoms with van der Waals surface area (Å²) in [5, 5.41) is 19.0. The van der Waals surface area contributed by atoms with E-state index >= 15 is 0 Å². The predicted octanol–water partition coefficient (Wildman–Crippen LogP) is 4.52. The second-order valence-electron chi connectivity index (χ2n) is 11.1. The molecular weight excluding hydrogens is 509 g/mol. The van der Waals surface area contributed by atoms with Gasteiger partial charge < -0.3 is 10.2 Å².